The second kappa shape index (κ2) is 9.43. The largest absolute Gasteiger partial charge is 0.486 e. The van der Waals surface area contributed by atoms with Gasteiger partial charge in [-0.1, -0.05) is 26.0 Å². The van der Waals surface area contributed by atoms with Crippen LogP contribution in [0.1, 0.15) is 34.6 Å². The van der Waals surface area contributed by atoms with Crippen molar-refractivity contribution in [2.24, 2.45) is 5.92 Å². The smallest absolute Gasteiger partial charge is 0.324 e. The van der Waals surface area contributed by atoms with E-state index < -0.39 is 39.8 Å². The number of nitrogens with one attached hydrogen (secondary N) is 1. The second-order valence-corrected chi connectivity index (χ2v) is 9.84. The molecule has 2 amide bonds. The Kier molecular flexibility index (Phi) is 6.58. The fraction of sp³-hybridized carbons (Fsp3) is 0.348. The van der Waals surface area contributed by atoms with Crippen LogP contribution in [0, 0.1) is 5.92 Å². The van der Waals surface area contributed by atoms with Gasteiger partial charge in [-0.15, -0.1) is 0 Å². The van der Waals surface area contributed by atoms with Crippen molar-refractivity contribution in [3.05, 3.63) is 53.6 Å². The Labute approximate surface area is 196 Å². The summed E-state index contributed by atoms with van der Waals surface area (Å²) in [5.41, 5.74) is 0.595. The van der Waals surface area contributed by atoms with Crippen molar-refractivity contribution < 1.29 is 37.0 Å². The molecule has 11 heteroatoms. The quantitative estimate of drug-likeness (QED) is 0.438. The molecule has 0 saturated heterocycles. The van der Waals surface area contributed by atoms with Crippen molar-refractivity contribution in [2.75, 3.05) is 26.4 Å². The highest BCUT2D eigenvalue weighted by atomic mass is 32.2. The molecule has 2 aliphatic rings. The van der Waals surface area contributed by atoms with Crippen LogP contribution in [-0.2, 0) is 19.6 Å². The lowest BCUT2D eigenvalue weighted by atomic mass is 10.1. The van der Waals surface area contributed by atoms with E-state index >= 15 is 0 Å². The summed E-state index contributed by atoms with van der Waals surface area (Å²) >= 11 is 0. The average Bonchev–Trinajstić information content (AvgIpc) is 3.07. The number of carbonyl (C=O) groups is 3. The van der Waals surface area contributed by atoms with Gasteiger partial charge in [0.15, 0.2) is 11.5 Å². The van der Waals surface area contributed by atoms with Gasteiger partial charge in [0.25, 0.3) is 11.8 Å². The topological polar surface area (TPSA) is 128 Å². The number of sulfonamides is 1. The number of imide groups is 1. The van der Waals surface area contributed by atoms with Gasteiger partial charge < -0.3 is 14.2 Å². The molecule has 1 N–H and O–H groups in total. The SMILES string of the molecule is CC(C)[C@H](NS(=O)(=O)c1ccc2c(c1)OCCO2)C(=O)OCCN1C(=O)c2ccccc2C1=O. The molecule has 2 aliphatic heterocycles. The van der Waals surface area contributed by atoms with E-state index in [1.165, 1.54) is 18.2 Å². The number of rotatable bonds is 8. The van der Waals surface area contributed by atoms with Crippen molar-refractivity contribution >= 4 is 27.8 Å². The summed E-state index contributed by atoms with van der Waals surface area (Å²) in [5.74, 6) is -1.42. The van der Waals surface area contributed by atoms with E-state index in [-0.39, 0.29) is 18.0 Å². The van der Waals surface area contributed by atoms with Crippen LogP contribution >= 0.6 is 0 Å². The summed E-state index contributed by atoms with van der Waals surface area (Å²) in [6, 6.07) is 9.45. The summed E-state index contributed by atoms with van der Waals surface area (Å²) in [5, 5.41) is 0. The highest BCUT2D eigenvalue weighted by Crippen LogP contribution is 2.32. The van der Waals surface area contributed by atoms with Crippen LogP contribution in [0.2, 0.25) is 0 Å². The molecule has 10 nitrogen and oxygen atoms in total. The van der Waals surface area contributed by atoms with Gasteiger partial charge in [-0.25, -0.2) is 8.42 Å². The maximum absolute atomic E-state index is 12.9. The minimum absolute atomic E-state index is 0.0822. The Morgan fingerprint density at radius 1 is 1.03 bits per heavy atom. The monoisotopic (exact) mass is 488 g/mol. The van der Waals surface area contributed by atoms with Crippen LogP contribution in [0.4, 0.5) is 0 Å². The Bertz CT molecular complexity index is 1210. The molecule has 34 heavy (non-hydrogen) atoms. The maximum atomic E-state index is 12.9. The van der Waals surface area contributed by atoms with E-state index in [1.807, 2.05) is 0 Å². The first-order valence-electron chi connectivity index (χ1n) is 10.7. The van der Waals surface area contributed by atoms with Gasteiger partial charge in [-0.3, -0.25) is 19.3 Å². The summed E-state index contributed by atoms with van der Waals surface area (Å²) in [6.45, 7) is 3.61. The number of nitrogens with zero attached hydrogens (tertiary/aromatic N) is 1. The van der Waals surface area contributed by atoms with E-state index in [2.05, 4.69) is 4.72 Å². The van der Waals surface area contributed by atoms with Crippen molar-refractivity contribution in [2.45, 2.75) is 24.8 Å². The van der Waals surface area contributed by atoms with E-state index in [9.17, 15) is 22.8 Å². The molecule has 0 unspecified atom stereocenters. The average molecular weight is 489 g/mol. The van der Waals surface area contributed by atoms with Gasteiger partial charge in [-0.05, 0) is 30.2 Å². The summed E-state index contributed by atoms with van der Waals surface area (Å²) in [4.78, 5) is 38.5. The molecule has 0 aromatic heterocycles. The Hall–Kier alpha value is -3.44. The number of esters is 1. The molecular weight excluding hydrogens is 464 g/mol. The van der Waals surface area contributed by atoms with E-state index in [0.717, 1.165) is 4.90 Å². The third kappa shape index (κ3) is 4.62. The Balaban J connectivity index is 1.39. The molecule has 1 atom stereocenters. The molecule has 0 spiro atoms. The first-order valence-corrected chi connectivity index (χ1v) is 12.2. The summed E-state index contributed by atoms with van der Waals surface area (Å²) in [7, 11) is -4.08. The van der Waals surface area contributed by atoms with E-state index in [0.29, 0.717) is 35.8 Å². The zero-order chi connectivity index (χ0) is 24.5. The highest BCUT2D eigenvalue weighted by Gasteiger charge is 2.35. The minimum atomic E-state index is -4.08. The molecule has 2 aromatic carbocycles. The van der Waals surface area contributed by atoms with Crippen molar-refractivity contribution in [1.82, 2.24) is 9.62 Å². The van der Waals surface area contributed by atoms with Crippen LogP contribution < -0.4 is 14.2 Å². The van der Waals surface area contributed by atoms with Gasteiger partial charge >= 0.3 is 5.97 Å². The summed E-state index contributed by atoms with van der Waals surface area (Å²) < 4.78 is 44.3. The van der Waals surface area contributed by atoms with Gasteiger partial charge in [0, 0.05) is 6.07 Å². The van der Waals surface area contributed by atoms with Crippen LogP contribution in [0.25, 0.3) is 0 Å². The Morgan fingerprint density at radius 3 is 2.26 bits per heavy atom. The predicted molar refractivity (Wildman–Crippen MR) is 119 cm³/mol. The fourth-order valence-electron chi connectivity index (χ4n) is 3.65. The highest BCUT2D eigenvalue weighted by molar-refractivity contribution is 7.89. The lowest BCUT2D eigenvalue weighted by Crippen LogP contribution is -2.46. The number of carbonyl (C=O) groups excluding carboxylic acids is 3. The van der Waals surface area contributed by atoms with Crippen molar-refractivity contribution in [1.29, 1.82) is 0 Å². The zero-order valence-corrected chi connectivity index (χ0v) is 19.5. The molecule has 0 saturated carbocycles. The third-order valence-corrected chi connectivity index (χ3v) is 6.90. The number of hydrogen-bond donors (Lipinski definition) is 1. The number of benzene rings is 2. The minimum Gasteiger partial charge on any atom is -0.486 e. The third-order valence-electron chi connectivity index (χ3n) is 5.46. The van der Waals surface area contributed by atoms with Gasteiger partial charge in [0.05, 0.1) is 22.6 Å². The van der Waals surface area contributed by atoms with Crippen LogP contribution in [-0.4, -0.2) is 63.5 Å². The molecule has 4 rings (SSSR count). The van der Waals surface area contributed by atoms with Crippen molar-refractivity contribution in [3.8, 4) is 11.5 Å². The molecule has 180 valence electrons. The lowest BCUT2D eigenvalue weighted by Gasteiger charge is -2.22. The van der Waals surface area contributed by atoms with Crippen LogP contribution in [0.15, 0.2) is 47.4 Å². The van der Waals surface area contributed by atoms with E-state index in [4.69, 9.17) is 14.2 Å². The van der Waals surface area contributed by atoms with Crippen LogP contribution in [0.5, 0.6) is 11.5 Å². The first-order chi connectivity index (χ1) is 16.2. The van der Waals surface area contributed by atoms with E-state index in [1.54, 1.807) is 38.1 Å². The maximum Gasteiger partial charge on any atom is 0.324 e. The normalized spacial score (nSPS) is 15.9. The molecule has 0 radical (unpaired) electrons. The predicted octanol–water partition coefficient (Wildman–Crippen LogP) is 1.60. The second-order valence-electron chi connectivity index (χ2n) is 8.12. The molecular formula is C23H24N2O8S. The van der Waals surface area contributed by atoms with Gasteiger partial charge in [-0.2, -0.15) is 4.72 Å². The standard InChI is InChI=1S/C23H24N2O8S/c1-14(2)20(24-34(29,30)15-7-8-18-19(13-15)32-12-11-31-18)23(28)33-10-9-25-21(26)16-5-3-4-6-17(16)22(25)27/h3-8,13-14,20,24H,9-12H2,1-2H3/t20-/m0/s1. The number of amides is 2. The van der Waals surface area contributed by atoms with Gasteiger partial charge in [0.1, 0.15) is 25.9 Å². The number of hydrogen-bond acceptors (Lipinski definition) is 8. The van der Waals surface area contributed by atoms with Crippen molar-refractivity contribution in [3.63, 3.8) is 0 Å². The molecule has 2 heterocycles. The summed E-state index contributed by atoms with van der Waals surface area (Å²) in [6.07, 6.45) is 0. The lowest BCUT2D eigenvalue weighted by molar-refractivity contribution is -0.147. The molecule has 0 bridgehead atoms. The molecule has 2 aromatic rings. The zero-order valence-electron chi connectivity index (χ0n) is 18.6. The fourth-order valence-corrected chi connectivity index (χ4v) is 5.00. The molecule has 0 aliphatic carbocycles. The van der Waals surface area contributed by atoms with Gasteiger partial charge in [0.2, 0.25) is 10.0 Å². The Morgan fingerprint density at radius 2 is 1.65 bits per heavy atom. The molecule has 0 fully saturated rings. The number of ether oxygens (including phenoxy) is 3. The number of fused-ring (bicyclic) bond motifs is 2. The first kappa shape index (κ1) is 23.7. The van der Waals surface area contributed by atoms with Crippen LogP contribution in [0.3, 0.4) is 0 Å².